The van der Waals surface area contributed by atoms with Crippen molar-refractivity contribution in [2.45, 2.75) is 43.7 Å². The fourth-order valence-corrected chi connectivity index (χ4v) is 3.68. The predicted octanol–water partition coefficient (Wildman–Crippen LogP) is 4.38. The van der Waals surface area contributed by atoms with Crippen molar-refractivity contribution in [3.63, 3.8) is 0 Å². The summed E-state index contributed by atoms with van der Waals surface area (Å²) in [6, 6.07) is 3.28. The molecular formula is C14H17Br2NO4. The molecule has 0 amide bonds. The van der Waals surface area contributed by atoms with Crippen LogP contribution >= 0.6 is 31.9 Å². The second kappa shape index (κ2) is 7.07. The number of alkyl halides is 1. The highest BCUT2D eigenvalue weighted by Gasteiger charge is 2.43. The number of ether oxygens (including phenoxy) is 2. The van der Waals surface area contributed by atoms with Crippen LogP contribution in [0.5, 0.6) is 5.75 Å². The summed E-state index contributed by atoms with van der Waals surface area (Å²) in [5.74, 6) is 0.331. The zero-order valence-corrected chi connectivity index (χ0v) is 15.0. The van der Waals surface area contributed by atoms with E-state index < -0.39 is 4.92 Å². The van der Waals surface area contributed by atoms with Gasteiger partial charge in [-0.05, 0) is 25.0 Å². The van der Waals surface area contributed by atoms with E-state index in [0.717, 1.165) is 18.4 Å². The Morgan fingerprint density at radius 2 is 2.19 bits per heavy atom. The highest BCUT2D eigenvalue weighted by Crippen LogP contribution is 2.40. The first kappa shape index (κ1) is 16.7. The third-order valence-corrected chi connectivity index (χ3v) is 4.73. The molecular weight excluding hydrogens is 406 g/mol. The van der Waals surface area contributed by atoms with Crippen LogP contribution in [0.3, 0.4) is 0 Å². The Morgan fingerprint density at radius 1 is 1.48 bits per heavy atom. The fourth-order valence-electron chi connectivity index (χ4n) is 2.26. The monoisotopic (exact) mass is 421 g/mol. The van der Waals surface area contributed by atoms with Crippen molar-refractivity contribution >= 4 is 37.5 Å². The lowest BCUT2D eigenvalue weighted by atomic mass is 9.91. The van der Waals surface area contributed by atoms with Crippen molar-refractivity contribution in [2.24, 2.45) is 0 Å². The molecule has 1 fully saturated rings. The van der Waals surface area contributed by atoms with Crippen LogP contribution in [0.4, 0.5) is 5.69 Å². The van der Waals surface area contributed by atoms with Crippen molar-refractivity contribution in [2.75, 3.05) is 6.61 Å². The van der Waals surface area contributed by atoms with E-state index in [0.29, 0.717) is 16.8 Å². The van der Waals surface area contributed by atoms with Crippen LogP contribution in [0, 0.1) is 17.0 Å². The van der Waals surface area contributed by atoms with Crippen LogP contribution < -0.4 is 4.74 Å². The van der Waals surface area contributed by atoms with E-state index in [4.69, 9.17) is 9.47 Å². The Kier molecular flexibility index (Phi) is 5.62. The Hall–Kier alpha value is -0.660. The van der Waals surface area contributed by atoms with Gasteiger partial charge in [-0.1, -0.05) is 38.8 Å². The molecule has 0 spiro atoms. The van der Waals surface area contributed by atoms with Crippen LogP contribution in [0.15, 0.2) is 16.6 Å². The SMILES string of the molecule is CCCOC1C(Br)CC1Oc1c(C)cc(Br)cc1[N+](=O)[O-]. The molecule has 5 nitrogen and oxygen atoms in total. The molecule has 0 saturated heterocycles. The number of rotatable bonds is 6. The van der Waals surface area contributed by atoms with E-state index in [9.17, 15) is 10.1 Å². The molecule has 1 aliphatic rings. The van der Waals surface area contributed by atoms with Gasteiger partial charge < -0.3 is 9.47 Å². The number of benzene rings is 1. The van der Waals surface area contributed by atoms with E-state index in [-0.39, 0.29) is 22.7 Å². The Labute approximate surface area is 140 Å². The van der Waals surface area contributed by atoms with Gasteiger partial charge in [-0.3, -0.25) is 10.1 Å². The van der Waals surface area contributed by atoms with Gasteiger partial charge in [0.05, 0.1) is 4.92 Å². The molecule has 0 N–H and O–H groups in total. The zero-order chi connectivity index (χ0) is 15.6. The molecule has 1 aliphatic carbocycles. The minimum atomic E-state index is -0.417. The number of halogens is 2. The highest BCUT2D eigenvalue weighted by atomic mass is 79.9. The molecule has 116 valence electrons. The number of aryl methyl sites for hydroxylation is 1. The van der Waals surface area contributed by atoms with Gasteiger partial charge in [0, 0.05) is 28.4 Å². The Balaban J connectivity index is 2.18. The van der Waals surface area contributed by atoms with Gasteiger partial charge in [0.15, 0.2) is 0 Å². The number of nitro groups is 1. The lowest BCUT2D eigenvalue weighted by Gasteiger charge is -2.41. The highest BCUT2D eigenvalue weighted by molar-refractivity contribution is 9.10. The normalized spacial score (nSPS) is 24.5. The van der Waals surface area contributed by atoms with Gasteiger partial charge in [0.2, 0.25) is 5.75 Å². The number of nitrogens with zero attached hydrogens (tertiary/aromatic N) is 1. The molecule has 0 aromatic heterocycles. The van der Waals surface area contributed by atoms with Crippen LogP contribution in [0.25, 0.3) is 0 Å². The van der Waals surface area contributed by atoms with E-state index in [2.05, 4.69) is 31.9 Å². The predicted molar refractivity (Wildman–Crippen MR) is 87.3 cm³/mol. The van der Waals surface area contributed by atoms with Gasteiger partial charge in [0.1, 0.15) is 12.2 Å². The molecule has 0 bridgehead atoms. The minimum absolute atomic E-state index is 0.0193. The maximum absolute atomic E-state index is 11.2. The Bertz CT molecular complexity index is 538. The van der Waals surface area contributed by atoms with Crippen molar-refractivity contribution in [3.8, 4) is 5.75 Å². The maximum Gasteiger partial charge on any atom is 0.312 e. The van der Waals surface area contributed by atoms with Gasteiger partial charge in [0.25, 0.3) is 0 Å². The average molecular weight is 423 g/mol. The Morgan fingerprint density at radius 3 is 2.76 bits per heavy atom. The number of hydrogen-bond acceptors (Lipinski definition) is 4. The molecule has 3 unspecified atom stereocenters. The summed E-state index contributed by atoms with van der Waals surface area (Å²) in [7, 11) is 0. The van der Waals surface area contributed by atoms with E-state index >= 15 is 0 Å². The molecule has 2 rings (SSSR count). The van der Waals surface area contributed by atoms with E-state index in [1.807, 2.05) is 13.0 Å². The van der Waals surface area contributed by atoms with Crippen molar-refractivity contribution in [1.82, 2.24) is 0 Å². The summed E-state index contributed by atoms with van der Waals surface area (Å²) in [5, 5.41) is 11.2. The minimum Gasteiger partial charge on any atom is -0.480 e. The third-order valence-electron chi connectivity index (χ3n) is 3.38. The van der Waals surface area contributed by atoms with E-state index in [1.54, 1.807) is 6.92 Å². The first-order chi connectivity index (χ1) is 9.93. The maximum atomic E-state index is 11.2. The van der Waals surface area contributed by atoms with Crippen LogP contribution in [0.2, 0.25) is 0 Å². The topological polar surface area (TPSA) is 61.6 Å². The lowest BCUT2D eigenvalue weighted by Crippen LogP contribution is -2.52. The van der Waals surface area contributed by atoms with E-state index in [1.165, 1.54) is 6.07 Å². The third kappa shape index (κ3) is 3.76. The summed E-state index contributed by atoms with van der Waals surface area (Å²) in [6.45, 7) is 4.51. The zero-order valence-electron chi connectivity index (χ0n) is 11.8. The van der Waals surface area contributed by atoms with Crippen LogP contribution in [0.1, 0.15) is 25.3 Å². The van der Waals surface area contributed by atoms with Gasteiger partial charge in [-0.25, -0.2) is 0 Å². The first-order valence-corrected chi connectivity index (χ1v) is 8.51. The fraction of sp³-hybridized carbons (Fsp3) is 0.571. The summed E-state index contributed by atoms with van der Waals surface area (Å²) >= 11 is 6.82. The second-order valence-corrected chi connectivity index (χ2v) is 7.16. The molecule has 0 heterocycles. The first-order valence-electron chi connectivity index (χ1n) is 6.81. The van der Waals surface area contributed by atoms with Crippen molar-refractivity contribution in [1.29, 1.82) is 0 Å². The van der Waals surface area contributed by atoms with Crippen molar-refractivity contribution < 1.29 is 14.4 Å². The van der Waals surface area contributed by atoms with Crippen LogP contribution in [-0.2, 0) is 4.74 Å². The number of nitro benzene ring substituents is 1. The molecule has 1 saturated carbocycles. The van der Waals surface area contributed by atoms with Crippen LogP contribution in [-0.4, -0.2) is 28.6 Å². The van der Waals surface area contributed by atoms with Gasteiger partial charge in [-0.2, -0.15) is 0 Å². The molecule has 1 aromatic carbocycles. The summed E-state index contributed by atoms with van der Waals surface area (Å²) in [4.78, 5) is 11.0. The average Bonchev–Trinajstić information content (AvgIpc) is 2.40. The largest absolute Gasteiger partial charge is 0.480 e. The number of hydrogen-bond donors (Lipinski definition) is 0. The summed E-state index contributed by atoms with van der Waals surface area (Å²) in [5.41, 5.74) is 0.720. The van der Waals surface area contributed by atoms with Gasteiger partial charge >= 0.3 is 5.69 Å². The molecule has 0 radical (unpaired) electrons. The lowest BCUT2D eigenvalue weighted by molar-refractivity contribution is -0.386. The summed E-state index contributed by atoms with van der Waals surface area (Å²) in [6.07, 6.45) is 1.49. The smallest absolute Gasteiger partial charge is 0.312 e. The molecule has 1 aromatic rings. The van der Waals surface area contributed by atoms with Gasteiger partial charge in [-0.15, -0.1) is 0 Å². The molecule has 7 heteroatoms. The molecule has 21 heavy (non-hydrogen) atoms. The standard InChI is InChI=1S/C14H17Br2NO4/c1-3-4-20-14-10(16)7-12(14)21-13-8(2)5-9(15)6-11(13)17(18)19/h5-6,10,12,14H,3-4,7H2,1-2H3. The van der Waals surface area contributed by atoms with Crippen molar-refractivity contribution in [3.05, 3.63) is 32.3 Å². The quantitative estimate of drug-likeness (QED) is 0.387. The second-order valence-electron chi connectivity index (χ2n) is 5.07. The molecule has 0 aliphatic heterocycles. The molecule has 3 atom stereocenters. The summed E-state index contributed by atoms with van der Waals surface area (Å²) < 4.78 is 12.3.